The molecule has 0 atom stereocenters. The van der Waals surface area contributed by atoms with Crippen molar-refractivity contribution in [1.29, 1.82) is 0 Å². The van der Waals surface area contributed by atoms with Crippen LogP contribution < -0.4 is 5.56 Å². The maximum Gasteiger partial charge on any atom is 0.277 e. The van der Waals surface area contributed by atoms with Gasteiger partial charge in [0.1, 0.15) is 5.52 Å². The summed E-state index contributed by atoms with van der Waals surface area (Å²) < 4.78 is 3.34. The number of aryl methyl sites for hydroxylation is 2. The van der Waals surface area contributed by atoms with Crippen molar-refractivity contribution in [3.05, 3.63) is 51.3 Å². The van der Waals surface area contributed by atoms with Crippen molar-refractivity contribution >= 4 is 34.1 Å². The van der Waals surface area contributed by atoms with Gasteiger partial charge in [0, 0.05) is 30.5 Å². The molecule has 2 heterocycles. The van der Waals surface area contributed by atoms with Crippen LogP contribution in [0.15, 0.2) is 35.6 Å². The monoisotopic (exact) mass is 337 g/mol. The largest absolute Gasteiger partial charge is 0.337 e. The lowest BCUT2D eigenvalue weighted by Gasteiger charge is -2.06. The van der Waals surface area contributed by atoms with Gasteiger partial charge in [0.05, 0.1) is 16.7 Å². The summed E-state index contributed by atoms with van der Waals surface area (Å²) in [5, 5.41) is 9.09. The van der Waals surface area contributed by atoms with E-state index in [1.54, 1.807) is 24.7 Å². The molecule has 2 aromatic heterocycles. The normalized spacial score (nSPS) is 11.2. The molecular formula is C14H13Cl2N5O. The molecule has 0 bridgehead atoms. The quantitative estimate of drug-likeness (QED) is 0.671. The Kier molecular flexibility index (Phi) is 4.40. The molecule has 0 aliphatic rings. The first-order valence-corrected chi connectivity index (χ1v) is 7.59. The lowest BCUT2D eigenvalue weighted by molar-refractivity contribution is 0.490. The smallest absolute Gasteiger partial charge is 0.277 e. The van der Waals surface area contributed by atoms with Crippen molar-refractivity contribution in [3.8, 4) is 0 Å². The van der Waals surface area contributed by atoms with Gasteiger partial charge >= 0.3 is 0 Å². The number of nitrogens with zero attached hydrogens (tertiary/aromatic N) is 5. The van der Waals surface area contributed by atoms with Gasteiger partial charge < -0.3 is 4.57 Å². The summed E-state index contributed by atoms with van der Waals surface area (Å²) in [6.07, 6.45) is 7.15. The van der Waals surface area contributed by atoms with Crippen molar-refractivity contribution in [2.45, 2.75) is 25.9 Å². The van der Waals surface area contributed by atoms with Gasteiger partial charge in [-0.1, -0.05) is 28.4 Å². The van der Waals surface area contributed by atoms with E-state index in [4.69, 9.17) is 23.2 Å². The van der Waals surface area contributed by atoms with Gasteiger partial charge in [0.2, 0.25) is 0 Å². The number of aromatic nitrogens is 5. The molecule has 0 amide bonds. The van der Waals surface area contributed by atoms with E-state index in [9.17, 15) is 4.79 Å². The van der Waals surface area contributed by atoms with Gasteiger partial charge in [0.15, 0.2) is 0 Å². The standard InChI is InChI=1S/C14H13Cl2N5O/c15-10-7-11-13(12(16)8-10)18-19-21(14(11)22)5-2-1-4-20-6-3-17-9-20/h3,6-9H,1-2,4-5H2. The molecular weight excluding hydrogens is 325 g/mol. The minimum absolute atomic E-state index is 0.225. The van der Waals surface area contributed by atoms with Gasteiger partial charge in [-0.2, -0.15) is 0 Å². The molecule has 1 aromatic carbocycles. The molecule has 22 heavy (non-hydrogen) atoms. The minimum atomic E-state index is -0.225. The summed E-state index contributed by atoms with van der Waals surface area (Å²) >= 11 is 12.0. The Morgan fingerprint density at radius 1 is 1.14 bits per heavy atom. The van der Waals surface area contributed by atoms with E-state index in [-0.39, 0.29) is 5.56 Å². The topological polar surface area (TPSA) is 65.6 Å². The Morgan fingerprint density at radius 3 is 2.73 bits per heavy atom. The SMILES string of the molecule is O=c1c2cc(Cl)cc(Cl)c2nnn1CCCCn1ccnc1. The second-order valence-electron chi connectivity index (χ2n) is 4.91. The summed E-state index contributed by atoms with van der Waals surface area (Å²) in [4.78, 5) is 16.4. The van der Waals surface area contributed by atoms with E-state index in [0.717, 1.165) is 19.4 Å². The molecule has 0 fully saturated rings. The van der Waals surface area contributed by atoms with Gasteiger partial charge in [-0.3, -0.25) is 4.79 Å². The van der Waals surface area contributed by atoms with E-state index < -0.39 is 0 Å². The van der Waals surface area contributed by atoms with Crippen molar-refractivity contribution in [2.75, 3.05) is 0 Å². The number of fused-ring (bicyclic) bond motifs is 1. The van der Waals surface area contributed by atoms with E-state index in [2.05, 4.69) is 15.3 Å². The Morgan fingerprint density at radius 2 is 1.95 bits per heavy atom. The van der Waals surface area contributed by atoms with Crippen LogP contribution in [-0.2, 0) is 13.1 Å². The summed E-state index contributed by atoms with van der Waals surface area (Å²) in [7, 11) is 0. The first-order valence-electron chi connectivity index (χ1n) is 6.83. The zero-order chi connectivity index (χ0) is 15.5. The number of imidazole rings is 1. The molecule has 6 nitrogen and oxygen atoms in total. The molecule has 0 saturated heterocycles. The Balaban J connectivity index is 1.74. The Hall–Kier alpha value is -1.92. The number of hydrogen-bond acceptors (Lipinski definition) is 4. The number of unbranched alkanes of at least 4 members (excludes halogenated alkanes) is 1. The van der Waals surface area contributed by atoms with Crippen LogP contribution in [-0.4, -0.2) is 24.5 Å². The van der Waals surface area contributed by atoms with Gasteiger partial charge in [-0.25, -0.2) is 9.67 Å². The number of halogens is 2. The molecule has 0 saturated carbocycles. The van der Waals surface area contributed by atoms with E-state index in [1.165, 1.54) is 4.68 Å². The van der Waals surface area contributed by atoms with Crippen LogP contribution in [0.2, 0.25) is 10.0 Å². The number of benzene rings is 1. The van der Waals surface area contributed by atoms with Crippen molar-refractivity contribution in [3.63, 3.8) is 0 Å². The van der Waals surface area contributed by atoms with Crippen LogP contribution in [0.1, 0.15) is 12.8 Å². The third-order valence-electron chi connectivity index (χ3n) is 3.34. The zero-order valence-electron chi connectivity index (χ0n) is 11.6. The van der Waals surface area contributed by atoms with Crippen molar-refractivity contribution < 1.29 is 0 Å². The maximum absolute atomic E-state index is 12.4. The summed E-state index contributed by atoms with van der Waals surface area (Å²) in [5.74, 6) is 0. The molecule has 114 valence electrons. The highest BCUT2D eigenvalue weighted by Crippen LogP contribution is 2.23. The highest BCUT2D eigenvalue weighted by Gasteiger charge is 2.10. The Bertz CT molecular complexity index is 844. The molecule has 0 unspecified atom stereocenters. The predicted octanol–water partition coefficient (Wildman–Crippen LogP) is 2.78. The second-order valence-corrected chi connectivity index (χ2v) is 5.75. The van der Waals surface area contributed by atoms with E-state index in [1.807, 2.05) is 10.8 Å². The van der Waals surface area contributed by atoms with Gasteiger partial charge in [-0.05, 0) is 25.0 Å². The fraction of sp³-hybridized carbons (Fsp3) is 0.286. The van der Waals surface area contributed by atoms with Crippen molar-refractivity contribution in [1.82, 2.24) is 24.5 Å². The zero-order valence-corrected chi connectivity index (χ0v) is 13.1. The average Bonchev–Trinajstić information content (AvgIpc) is 2.99. The van der Waals surface area contributed by atoms with Crippen molar-refractivity contribution in [2.24, 2.45) is 0 Å². The lowest BCUT2D eigenvalue weighted by atomic mass is 10.2. The molecule has 0 spiro atoms. The molecule has 0 aliphatic heterocycles. The molecule has 3 aromatic rings. The van der Waals surface area contributed by atoms with E-state index in [0.29, 0.717) is 27.5 Å². The minimum Gasteiger partial charge on any atom is -0.337 e. The fourth-order valence-electron chi connectivity index (χ4n) is 2.23. The molecule has 0 N–H and O–H groups in total. The maximum atomic E-state index is 12.4. The number of rotatable bonds is 5. The molecule has 0 aliphatic carbocycles. The first-order chi connectivity index (χ1) is 10.6. The van der Waals surface area contributed by atoms with E-state index >= 15 is 0 Å². The highest BCUT2D eigenvalue weighted by molar-refractivity contribution is 6.38. The summed E-state index contributed by atoms with van der Waals surface area (Å²) in [6.45, 7) is 1.36. The summed E-state index contributed by atoms with van der Waals surface area (Å²) in [5.41, 5.74) is 0.155. The van der Waals surface area contributed by atoms with Crippen LogP contribution in [0.4, 0.5) is 0 Å². The van der Waals surface area contributed by atoms with Gasteiger partial charge in [0.25, 0.3) is 5.56 Å². The van der Waals surface area contributed by atoms with Crippen LogP contribution in [0, 0.1) is 0 Å². The first kappa shape index (κ1) is 15.0. The molecule has 3 rings (SSSR count). The molecule has 0 radical (unpaired) electrons. The lowest BCUT2D eigenvalue weighted by Crippen LogP contribution is -2.24. The summed E-state index contributed by atoms with van der Waals surface area (Å²) in [6, 6.07) is 3.12. The van der Waals surface area contributed by atoms with Crippen LogP contribution in [0.5, 0.6) is 0 Å². The molecule has 8 heteroatoms. The third kappa shape index (κ3) is 3.13. The van der Waals surface area contributed by atoms with Crippen LogP contribution in [0.25, 0.3) is 10.9 Å². The fourth-order valence-corrected chi connectivity index (χ4v) is 2.76. The third-order valence-corrected chi connectivity index (χ3v) is 3.85. The predicted molar refractivity (Wildman–Crippen MR) is 85.3 cm³/mol. The van der Waals surface area contributed by atoms with Crippen LogP contribution >= 0.6 is 23.2 Å². The van der Waals surface area contributed by atoms with Crippen LogP contribution in [0.3, 0.4) is 0 Å². The second kappa shape index (κ2) is 6.46. The van der Waals surface area contributed by atoms with Gasteiger partial charge in [-0.15, -0.1) is 5.10 Å². The average molecular weight is 338 g/mol. The Labute approximate surface area is 136 Å². The highest BCUT2D eigenvalue weighted by atomic mass is 35.5. The number of hydrogen-bond donors (Lipinski definition) is 0.